The minimum Gasteiger partial charge on any atom is -0.507 e. The highest BCUT2D eigenvalue weighted by Crippen LogP contribution is 2.49. The van der Waals surface area contributed by atoms with Crippen molar-refractivity contribution in [2.45, 2.75) is 38.2 Å². The van der Waals surface area contributed by atoms with E-state index in [2.05, 4.69) is 4.99 Å². The Morgan fingerprint density at radius 2 is 1.93 bits per heavy atom. The first kappa shape index (κ1) is 19.3. The number of aryl methyl sites for hydroxylation is 1. The molecule has 0 radical (unpaired) electrons. The third-order valence-corrected chi connectivity index (χ3v) is 6.14. The van der Waals surface area contributed by atoms with Crippen molar-refractivity contribution < 1.29 is 18.7 Å². The molecule has 1 aliphatic heterocycles. The van der Waals surface area contributed by atoms with Crippen LogP contribution in [0.3, 0.4) is 0 Å². The second-order valence-electron chi connectivity index (χ2n) is 7.03. The summed E-state index contributed by atoms with van der Waals surface area (Å²) >= 11 is 1.33. The summed E-state index contributed by atoms with van der Waals surface area (Å²) in [7, 11) is 1.52. The molecule has 1 amide bonds. The summed E-state index contributed by atoms with van der Waals surface area (Å²) < 4.78 is 27.1. The molecule has 1 aliphatic rings. The summed E-state index contributed by atoms with van der Waals surface area (Å²) in [6.45, 7) is 4.39. The van der Waals surface area contributed by atoms with Gasteiger partial charge in [-0.25, -0.2) is 13.8 Å². The van der Waals surface area contributed by atoms with Gasteiger partial charge in [-0.1, -0.05) is 24.3 Å². The normalized spacial score (nSPS) is 23.5. The summed E-state index contributed by atoms with van der Waals surface area (Å²) in [6, 6.07) is 7.25. The topological polar surface area (TPSA) is 78.9 Å². The van der Waals surface area contributed by atoms with Gasteiger partial charge in [0.1, 0.15) is 11.3 Å². The van der Waals surface area contributed by atoms with E-state index in [1.54, 1.807) is 13.0 Å². The van der Waals surface area contributed by atoms with Gasteiger partial charge in [-0.3, -0.25) is 9.69 Å². The molecule has 3 N–H and O–H groups in total. The maximum atomic E-state index is 13.5. The number of benzene rings is 1. The van der Waals surface area contributed by atoms with Crippen LogP contribution in [0, 0.1) is 6.92 Å². The molecule has 0 saturated heterocycles. The second-order valence-corrected chi connectivity index (χ2v) is 8.29. The lowest BCUT2D eigenvalue weighted by molar-refractivity contribution is -0.130. The fourth-order valence-corrected chi connectivity index (χ4v) is 4.43. The Kier molecular flexibility index (Phi) is 4.50. The van der Waals surface area contributed by atoms with Crippen molar-refractivity contribution in [1.82, 2.24) is 4.90 Å². The number of halogens is 2. The van der Waals surface area contributed by atoms with Crippen molar-refractivity contribution >= 4 is 23.2 Å². The van der Waals surface area contributed by atoms with Gasteiger partial charge in [0.2, 0.25) is 5.91 Å². The molecule has 0 aliphatic carbocycles. The first-order valence-electron chi connectivity index (χ1n) is 8.36. The van der Waals surface area contributed by atoms with Crippen LogP contribution < -0.4 is 5.73 Å². The molecular weight excluding hydrogens is 372 g/mol. The SMILES string of the molecule is Cc1cc(O)c([C@@]2(C)N=C(N)N(C)C(=O)C2c2ccc(C(C)(F)F)cc2)s1. The van der Waals surface area contributed by atoms with Crippen LogP contribution in [0.25, 0.3) is 0 Å². The number of carbonyl (C=O) groups is 1. The van der Waals surface area contributed by atoms with Crippen LogP contribution in [0.5, 0.6) is 5.75 Å². The maximum Gasteiger partial charge on any atom is 0.270 e. The largest absolute Gasteiger partial charge is 0.507 e. The van der Waals surface area contributed by atoms with Crippen LogP contribution in [0.1, 0.15) is 40.6 Å². The molecule has 0 fully saturated rings. The van der Waals surface area contributed by atoms with E-state index in [4.69, 9.17) is 5.73 Å². The monoisotopic (exact) mass is 393 g/mol. The van der Waals surface area contributed by atoms with E-state index in [9.17, 15) is 18.7 Å². The fraction of sp³-hybridized carbons (Fsp3) is 0.368. The number of rotatable bonds is 3. The molecule has 5 nitrogen and oxygen atoms in total. The van der Waals surface area contributed by atoms with Gasteiger partial charge < -0.3 is 10.8 Å². The molecule has 1 unspecified atom stereocenters. The molecule has 1 aromatic carbocycles. The van der Waals surface area contributed by atoms with E-state index in [0.29, 0.717) is 10.4 Å². The van der Waals surface area contributed by atoms with Crippen LogP contribution in [0.4, 0.5) is 8.78 Å². The Bertz CT molecular complexity index is 918. The number of aliphatic imine (C=N–C) groups is 1. The van der Waals surface area contributed by atoms with Gasteiger partial charge in [0, 0.05) is 24.4 Å². The molecule has 144 valence electrons. The van der Waals surface area contributed by atoms with E-state index >= 15 is 0 Å². The number of likely N-dealkylation sites (N-methyl/N-ethyl adjacent to an activating group) is 1. The molecule has 27 heavy (non-hydrogen) atoms. The van der Waals surface area contributed by atoms with Gasteiger partial charge >= 0.3 is 0 Å². The number of amides is 1. The second kappa shape index (κ2) is 6.30. The van der Waals surface area contributed by atoms with Crippen molar-refractivity contribution in [2.75, 3.05) is 7.05 Å². The van der Waals surface area contributed by atoms with E-state index in [-0.39, 0.29) is 23.2 Å². The van der Waals surface area contributed by atoms with Gasteiger partial charge in [-0.05, 0) is 25.5 Å². The first-order valence-corrected chi connectivity index (χ1v) is 9.18. The number of thiophene rings is 1. The number of nitrogens with zero attached hydrogens (tertiary/aromatic N) is 2. The van der Waals surface area contributed by atoms with Crippen LogP contribution in [0.15, 0.2) is 35.3 Å². The van der Waals surface area contributed by atoms with Gasteiger partial charge in [-0.15, -0.1) is 11.3 Å². The van der Waals surface area contributed by atoms with Crippen molar-refractivity contribution in [1.29, 1.82) is 0 Å². The van der Waals surface area contributed by atoms with Crippen molar-refractivity contribution in [3.63, 3.8) is 0 Å². The summed E-state index contributed by atoms with van der Waals surface area (Å²) in [5, 5.41) is 10.4. The van der Waals surface area contributed by atoms with Crippen molar-refractivity contribution in [3.8, 4) is 5.75 Å². The highest BCUT2D eigenvalue weighted by atomic mass is 32.1. The van der Waals surface area contributed by atoms with Crippen molar-refractivity contribution in [3.05, 3.63) is 51.2 Å². The zero-order valence-corrected chi connectivity index (χ0v) is 16.3. The third kappa shape index (κ3) is 3.18. The zero-order chi connectivity index (χ0) is 20.1. The standard InChI is InChI=1S/C19H21F2N3O2S/c1-10-9-13(25)15(27-10)18(2)14(16(26)24(4)17(22)23-18)11-5-7-12(8-6-11)19(3,20)21/h5-9,14,25H,1-4H3,(H2,22,23)/t14?,18-/m0/s1. The highest BCUT2D eigenvalue weighted by molar-refractivity contribution is 7.12. The van der Waals surface area contributed by atoms with Crippen LogP contribution in [-0.2, 0) is 16.3 Å². The quantitative estimate of drug-likeness (QED) is 0.835. The lowest BCUT2D eigenvalue weighted by atomic mass is 9.77. The predicted molar refractivity (Wildman–Crippen MR) is 101 cm³/mol. The van der Waals surface area contributed by atoms with Crippen molar-refractivity contribution in [2.24, 2.45) is 10.7 Å². The molecule has 2 atom stereocenters. The number of carbonyl (C=O) groups excluding carboxylic acids is 1. The van der Waals surface area contributed by atoms with Gasteiger partial charge in [-0.2, -0.15) is 0 Å². The summed E-state index contributed by atoms with van der Waals surface area (Å²) in [5.41, 5.74) is 5.19. The molecule has 0 saturated carbocycles. The van der Waals surface area contributed by atoms with Gasteiger partial charge in [0.25, 0.3) is 5.92 Å². The Hall–Kier alpha value is -2.48. The van der Waals surface area contributed by atoms with E-state index in [1.165, 1.54) is 47.5 Å². The Labute approximate surface area is 160 Å². The smallest absolute Gasteiger partial charge is 0.270 e. The molecule has 3 rings (SSSR count). The molecule has 2 heterocycles. The molecule has 0 bridgehead atoms. The minimum atomic E-state index is -2.97. The number of guanidine groups is 1. The number of aromatic hydroxyl groups is 1. The fourth-order valence-electron chi connectivity index (χ4n) is 3.41. The lowest BCUT2D eigenvalue weighted by Crippen LogP contribution is -2.52. The number of hydrogen-bond acceptors (Lipinski definition) is 5. The highest BCUT2D eigenvalue weighted by Gasteiger charge is 2.49. The van der Waals surface area contributed by atoms with E-state index < -0.39 is 17.4 Å². The zero-order valence-electron chi connectivity index (χ0n) is 15.5. The molecule has 1 aromatic heterocycles. The lowest BCUT2D eigenvalue weighted by Gasteiger charge is -2.40. The molecule has 2 aromatic rings. The first-order chi connectivity index (χ1) is 12.4. The average Bonchev–Trinajstić information content (AvgIpc) is 2.92. The maximum absolute atomic E-state index is 13.5. The van der Waals surface area contributed by atoms with E-state index in [0.717, 1.165) is 11.8 Å². The van der Waals surface area contributed by atoms with Gasteiger partial charge in [0.05, 0.1) is 10.8 Å². The molecule has 8 heteroatoms. The third-order valence-electron chi connectivity index (χ3n) is 4.88. The number of nitrogens with two attached hydrogens (primary N) is 1. The summed E-state index contributed by atoms with van der Waals surface area (Å²) in [5.74, 6) is -4.01. The van der Waals surface area contributed by atoms with E-state index in [1.807, 2.05) is 6.92 Å². The predicted octanol–water partition coefficient (Wildman–Crippen LogP) is 3.66. The Morgan fingerprint density at radius 3 is 2.41 bits per heavy atom. The van der Waals surface area contributed by atoms with Crippen LogP contribution >= 0.6 is 11.3 Å². The van der Waals surface area contributed by atoms with Crippen LogP contribution in [-0.4, -0.2) is 28.9 Å². The number of alkyl halides is 2. The average molecular weight is 393 g/mol. The minimum absolute atomic E-state index is 0.0376. The van der Waals surface area contributed by atoms with Gasteiger partial charge in [0.15, 0.2) is 5.96 Å². The molecule has 0 spiro atoms. The molecular formula is C19H21F2N3O2S. The van der Waals surface area contributed by atoms with Crippen LogP contribution in [0.2, 0.25) is 0 Å². The number of hydrogen-bond donors (Lipinski definition) is 2. The summed E-state index contributed by atoms with van der Waals surface area (Å²) in [6.07, 6.45) is 0. The Balaban J connectivity index is 2.18. The Morgan fingerprint density at radius 1 is 1.33 bits per heavy atom. The summed E-state index contributed by atoms with van der Waals surface area (Å²) in [4.78, 5) is 20.2.